The number of nitrogens with zero attached hydrogens (tertiary/aromatic N) is 2. The van der Waals surface area contributed by atoms with Crippen molar-refractivity contribution in [1.29, 1.82) is 0 Å². The Balaban J connectivity index is 1.59. The van der Waals surface area contributed by atoms with Crippen molar-refractivity contribution >= 4 is 10.0 Å². The molecule has 1 spiro atoms. The largest absolute Gasteiger partial charge is 0.317 e. The molecule has 1 aromatic rings. The Labute approximate surface area is 139 Å². The summed E-state index contributed by atoms with van der Waals surface area (Å²) in [5.41, 5.74) is 1.41. The van der Waals surface area contributed by atoms with Crippen molar-refractivity contribution in [2.24, 2.45) is 5.41 Å². The summed E-state index contributed by atoms with van der Waals surface area (Å²) in [4.78, 5) is 3.98. The van der Waals surface area contributed by atoms with Gasteiger partial charge in [0.15, 0.2) is 0 Å². The minimum absolute atomic E-state index is 0.200. The predicted octanol–water partition coefficient (Wildman–Crippen LogP) is 1.81. The lowest BCUT2D eigenvalue weighted by Crippen LogP contribution is -2.38. The van der Waals surface area contributed by atoms with Crippen LogP contribution in [0.25, 0.3) is 0 Å². The molecule has 6 heteroatoms. The number of piperidine rings is 1. The van der Waals surface area contributed by atoms with E-state index in [-0.39, 0.29) is 5.75 Å². The second kappa shape index (κ2) is 7.28. The van der Waals surface area contributed by atoms with Crippen LogP contribution in [-0.4, -0.2) is 49.6 Å². The van der Waals surface area contributed by atoms with Crippen LogP contribution >= 0.6 is 0 Å². The molecule has 128 valence electrons. The molecule has 0 atom stereocenters. The first-order chi connectivity index (χ1) is 11.1. The van der Waals surface area contributed by atoms with Crippen LogP contribution in [0.4, 0.5) is 0 Å². The van der Waals surface area contributed by atoms with E-state index in [9.17, 15) is 8.42 Å². The molecule has 5 nitrogen and oxygen atoms in total. The number of sulfonamides is 1. The van der Waals surface area contributed by atoms with E-state index in [4.69, 9.17) is 0 Å². The van der Waals surface area contributed by atoms with Crippen molar-refractivity contribution in [3.63, 3.8) is 0 Å². The lowest BCUT2D eigenvalue weighted by atomic mass is 9.73. The van der Waals surface area contributed by atoms with E-state index < -0.39 is 10.0 Å². The fourth-order valence-electron chi connectivity index (χ4n) is 3.89. The summed E-state index contributed by atoms with van der Waals surface area (Å²) in [5, 5.41) is 3.42. The van der Waals surface area contributed by atoms with Gasteiger partial charge in [0.1, 0.15) is 0 Å². The zero-order chi connectivity index (χ0) is 16.2. The second-order valence-electron chi connectivity index (χ2n) is 6.92. The van der Waals surface area contributed by atoms with E-state index in [1.54, 1.807) is 16.7 Å². The minimum atomic E-state index is -3.16. The van der Waals surface area contributed by atoms with Crippen molar-refractivity contribution in [3.05, 3.63) is 30.1 Å². The van der Waals surface area contributed by atoms with Gasteiger partial charge in [-0.3, -0.25) is 4.98 Å². The summed E-state index contributed by atoms with van der Waals surface area (Å²) >= 11 is 0. The highest BCUT2D eigenvalue weighted by atomic mass is 32.2. The van der Waals surface area contributed by atoms with Gasteiger partial charge >= 0.3 is 0 Å². The molecule has 2 aliphatic rings. The molecule has 0 radical (unpaired) electrons. The van der Waals surface area contributed by atoms with Crippen molar-refractivity contribution < 1.29 is 8.42 Å². The predicted molar refractivity (Wildman–Crippen MR) is 91.7 cm³/mol. The molecular weight excluding hydrogens is 310 g/mol. The van der Waals surface area contributed by atoms with E-state index in [1.165, 1.54) is 19.3 Å². The number of rotatable bonds is 4. The van der Waals surface area contributed by atoms with E-state index >= 15 is 0 Å². The third-order valence-corrected chi connectivity index (χ3v) is 7.33. The summed E-state index contributed by atoms with van der Waals surface area (Å²) in [6.45, 7) is 3.54. The fraction of sp³-hybridized carbons (Fsp3) is 0.706. The highest BCUT2D eigenvalue weighted by molar-refractivity contribution is 7.89. The van der Waals surface area contributed by atoms with Crippen molar-refractivity contribution in [3.8, 4) is 0 Å². The van der Waals surface area contributed by atoms with Gasteiger partial charge < -0.3 is 5.32 Å². The van der Waals surface area contributed by atoms with Crippen LogP contribution < -0.4 is 5.32 Å². The average molecular weight is 337 g/mol. The molecule has 3 heterocycles. The number of hydrogen-bond donors (Lipinski definition) is 1. The molecule has 2 fully saturated rings. The highest BCUT2D eigenvalue weighted by Gasteiger charge is 2.36. The Morgan fingerprint density at radius 3 is 2.57 bits per heavy atom. The zero-order valence-electron chi connectivity index (χ0n) is 13.7. The summed E-state index contributed by atoms with van der Waals surface area (Å²) < 4.78 is 27.1. The molecule has 1 aromatic heterocycles. The maximum absolute atomic E-state index is 12.7. The van der Waals surface area contributed by atoms with Crippen LogP contribution in [0.3, 0.4) is 0 Å². The molecule has 2 saturated heterocycles. The van der Waals surface area contributed by atoms with Crippen molar-refractivity contribution in [1.82, 2.24) is 14.6 Å². The smallest absolute Gasteiger partial charge is 0.214 e. The SMILES string of the molecule is O=S(=O)(CCc1ccncc1)N1CCCC2(CCNCC2)CC1. The Bertz CT molecular complexity index is 598. The third-order valence-electron chi connectivity index (χ3n) is 5.46. The van der Waals surface area contributed by atoms with Crippen LogP contribution in [0.2, 0.25) is 0 Å². The normalized spacial score (nSPS) is 22.8. The maximum Gasteiger partial charge on any atom is 0.214 e. The molecule has 0 saturated carbocycles. The molecule has 0 aromatic carbocycles. The van der Waals surface area contributed by atoms with Gasteiger partial charge in [0.2, 0.25) is 10.0 Å². The van der Waals surface area contributed by atoms with Gasteiger partial charge in [-0.2, -0.15) is 0 Å². The quantitative estimate of drug-likeness (QED) is 0.910. The van der Waals surface area contributed by atoms with Crippen LogP contribution in [0.15, 0.2) is 24.5 Å². The Morgan fingerprint density at radius 2 is 1.83 bits per heavy atom. The standard InChI is InChI=1S/C17H27N3O2S/c21-23(22,15-4-16-2-9-18-10-3-16)20-13-1-5-17(8-14-20)6-11-19-12-7-17/h2-3,9-10,19H,1,4-8,11-15H2. The third kappa shape index (κ3) is 4.31. The Kier molecular flexibility index (Phi) is 5.34. The molecule has 3 rings (SSSR count). The first-order valence-electron chi connectivity index (χ1n) is 8.67. The summed E-state index contributed by atoms with van der Waals surface area (Å²) in [6.07, 6.45) is 9.57. The lowest BCUT2D eigenvalue weighted by Gasteiger charge is -2.37. The Morgan fingerprint density at radius 1 is 1.09 bits per heavy atom. The van der Waals surface area contributed by atoms with Gasteiger partial charge in [-0.15, -0.1) is 0 Å². The van der Waals surface area contributed by atoms with Crippen LogP contribution in [0.5, 0.6) is 0 Å². The number of pyridine rings is 1. The summed E-state index contributed by atoms with van der Waals surface area (Å²) in [6, 6.07) is 3.78. The van der Waals surface area contributed by atoms with Crippen molar-refractivity contribution in [2.75, 3.05) is 31.9 Å². The average Bonchev–Trinajstić information content (AvgIpc) is 2.78. The van der Waals surface area contributed by atoms with Gasteiger partial charge in [0.25, 0.3) is 0 Å². The van der Waals surface area contributed by atoms with Gasteiger partial charge in [0.05, 0.1) is 5.75 Å². The molecule has 2 aliphatic heterocycles. The van der Waals surface area contributed by atoms with Crippen LogP contribution in [0, 0.1) is 5.41 Å². The number of aryl methyl sites for hydroxylation is 1. The van der Waals surface area contributed by atoms with E-state index in [0.717, 1.165) is 31.5 Å². The van der Waals surface area contributed by atoms with Gasteiger partial charge in [0, 0.05) is 25.5 Å². The lowest BCUT2D eigenvalue weighted by molar-refractivity contribution is 0.175. The number of nitrogens with one attached hydrogen (secondary N) is 1. The van der Waals surface area contributed by atoms with Crippen LogP contribution in [-0.2, 0) is 16.4 Å². The molecule has 1 N–H and O–H groups in total. The topological polar surface area (TPSA) is 62.3 Å². The Hall–Kier alpha value is -0.980. The maximum atomic E-state index is 12.7. The minimum Gasteiger partial charge on any atom is -0.317 e. The number of aromatic nitrogens is 1. The van der Waals surface area contributed by atoms with E-state index in [1.807, 2.05) is 12.1 Å². The number of hydrogen-bond acceptors (Lipinski definition) is 4. The summed E-state index contributed by atoms with van der Waals surface area (Å²) in [7, 11) is -3.16. The second-order valence-corrected chi connectivity index (χ2v) is 9.01. The first-order valence-corrected chi connectivity index (χ1v) is 10.3. The van der Waals surface area contributed by atoms with Gasteiger partial charge in [-0.1, -0.05) is 0 Å². The monoisotopic (exact) mass is 337 g/mol. The molecule has 0 unspecified atom stereocenters. The van der Waals surface area contributed by atoms with Gasteiger partial charge in [-0.25, -0.2) is 12.7 Å². The van der Waals surface area contributed by atoms with E-state index in [0.29, 0.717) is 24.9 Å². The molecule has 0 aliphatic carbocycles. The van der Waals surface area contributed by atoms with E-state index in [2.05, 4.69) is 10.3 Å². The van der Waals surface area contributed by atoms with Crippen LogP contribution in [0.1, 0.15) is 37.7 Å². The van der Waals surface area contributed by atoms with Crippen molar-refractivity contribution in [2.45, 2.75) is 38.5 Å². The fourth-order valence-corrected chi connectivity index (χ4v) is 5.42. The molecule has 0 amide bonds. The van der Waals surface area contributed by atoms with Gasteiger partial charge in [-0.05, 0) is 74.7 Å². The summed E-state index contributed by atoms with van der Waals surface area (Å²) in [5.74, 6) is 0.200. The first kappa shape index (κ1) is 16.9. The molecule has 0 bridgehead atoms. The zero-order valence-corrected chi connectivity index (χ0v) is 14.5. The molecule has 23 heavy (non-hydrogen) atoms. The molecular formula is C17H27N3O2S. The highest BCUT2D eigenvalue weighted by Crippen LogP contribution is 2.39.